The SMILES string of the molecule is O=C(Nc1ncc(Cc2ccccc2Cl)s1)c1ccc2c(c1)CCCC2. The maximum Gasteiger partial charge on any atom is 0.257 e. The highest BCUT2D eigenvalue weighted by molar-refractivity contribution is 7.15. The minimum atomic E-state index is -0.1000. The zero-order valence-corrected chi connectivity index (χ0v) is 15.9. The number of fused-ring (bicyclic) bond motifs is 1. The Morgan fingerprint density at radius 1 is 1.12 bits per heavy atom. The summed E-state index contributed by atoms with van der Waals surface area (Å²) in [7, 11) is 0. The summed E-state index contributed by atoms with van der Waals surface area (Å²) in [4.78, 5) is 18.0. The van der Waals surface area contributed by atoms with Crippen LogP contribution in [0.4, 0.5) is 5.13 Å². The van der Waals surface area contributed by atoms with Gasteiger partial charge in [-0.3, -0.25) is 10.1 Å². The Morgan fingerprint density at radius 2 is 1.92 bits per heavy atom. The average Bonchev–Trinajstić information content (AvgIpc) is 3.10. The number of halogens is 1. The van der Waals surface area contributed by atoms with Crippen LogP contribution in [0.25, 0.3) is 0 Å². The number of carbonyl (C=O) groups excluding carboxylic acids is 1. The van der Waals surface area contributed by atoms with E-state index in [9.17, 15) is 4.79 Å². The first-order valence-corrected chi connectivity index (χ1v) is 10.00. The van der Waals surface area contributed by atoms with Gasteiger partial charge in [0.15, 0.2) is 5.13 Å². The molecule has 0 saturated heterocycles. The molecule has 3 nitrogen and oxygen atoms in total. The van der Waals surface area contributed by atoms with E-state index in [1.807, 2.05) is 36.4 Å². The van der Waals surface area contributed by atoms with E-state index in [4.69, 9.17) is 11.6 Å². The molecule has 2 aromatic carbocycles. The van der Waals surface area contributed by atoms with Crippen LogP contribution in [-0.2, 0) is 19.3 Å². The normalized spacial score (nSPS) is 13.3. The number of benzene rings is 2. The first-order chi connectivity index (χ1) is 12.7. The number of carbonyl (C=O) groups is 1. The van der Waals surface area contributed by atoms with E-state index < -0.39 is 0 Å². The van der Waals surface area contributed by atoms with Crippen molar-refractivity contribution in [2.45, 2.75) is 32.1 Å². The van der Waals surface area contributed by atoms with Crippen molar-refractivity contribution in [3.05, 3.63) is 80.8 Å². The third-order valence-corrected chi connectivity index (χ3v) is 5.99. The predicted molar refractivity (Wildman–Crippen MR) is 107 cm³/mol. The van der Waals surface area contributed by atoms with E-state index in [0.29, 0.717) is 17.1 Å². The number of hydrogen-bond donors (Lipinski definition) is 1. The Hall–Kier alpha value is -2.17. The Morgan fingerprint density at radius 3 is 2.77 bits per heavy atom. The molecule has 0 atom stereocenters. The van der Waals surface area contributed by atoms with Crippen LogP contribution < -0.4 is 5.32 Å². The van der Waals surface area contributed by atoms with Gasteiger partial charge in [0.05, 0.1) is 0 Å². The van der Waals surface area contributed by atoms with E-state index >= 15 is 0 Å². The summed E-state index contributed by atoms with van der Waals surface area (Å²) in [6.45, 7) is 0. The molecule has 0 bridgehead atoms. The van der Waals surface area contributed by atoms with Gasteiger partial charge in [0.25, 0.3) is 5.91 Å². The summed E-state index contributed by atoms with van der Waals surface area (Å²) in [6.07, 6.45) is 7.15. The van der Waals surface area contributed by atoms with Gasteiger partial charge in [-0.15, -0.1) is 11.3 Å². The van der Waals surface area contributed by atoms with Gasteiger partial charge in [0, 0.05) is 28.1 Å². The van der Waals surface area contributed by atoms with Gasteiger partial charge in [0.2, 0.25) is 0 Å². The van der Waals surface area contributed by atoms with Crippen LogP contribution >= 0.6 is 22.9 Å². The fourth-order valence-electron chi connectivity index (χ4n) is 3.32. The first kappa shape index (κ1) is 17.3. The fraction of sp³-hybridized carbons (Fsp3) is 0.238. The van der Waals surface area contributed by atoms with Crippen LogP contribution in [0.1, 0.15) is 44.8 Å². The average molecular weight is 383 g/mol. The highest BCUT2D eigenvalue weighted by atomic mass is 35.5. The van der Waals surface area contributed by atoms with Crippen LogP contribution in [0.15, 0.2) is 48.7 Å². The maximum atomic E-state index is 12.6. The number of nitrogens with one attached hydrogen (secondary N) is 1. The Balaban J connectivity index is 1.45. The fourth-order valence-corrected chi connectivity index (χ4v) is 4.35. The standard InChI is InChI=1S/C21H19ClN2OS/c22-19-8-4-3-7-16(19)12-18-13-23-21(26-18)24-20(25)17-10-9-14-5-1-2-6-15(14)11-17/h3-4,7-11,13H,1-2,5-6,12H2,(H,23,24,25). The zero-order chi connectivity index (χ0) is 17.9. The largest absolute Gasteiger partial charge is 0.298 e. The van der Waals surface area contributed by atoms with E-state index in [-0.39, 0.29) is 5.91 Å². The molecule has 1 N–H and O–H groups in total. The Bertz CT molecular complexity index is 951. The molecule has 4 rings (SSSR count). The maximum absolute atomic E-state index is 12.6. The summed E-state index contributed by atoms with van der Waals surface area (Å²) >= 11 is 7.70. The number of aryl methyl sites for hydroxylation is 2. The predicted octanol–water partition coefficient (Wildman–Crippen LogP) is 5.52. The van der Waals surface area contributed by atoms with E-state index in [1.54, 1.807) is 6.20 Å². The lowest BCUT2D eigenvalue weighted by Crippen LogP contribution is -2.13. The molecule has 1 aliphatic rings. The third-order valence-electron chi connectivity index (χ3n) is 4.71. The van der Waals surface area contributed by atoms with Gasteiger partial charge < -0.3 is 0 Å². The van der Waals surface area contributed by atoms with Crippen molar-refractivity contribution in [3.8, 4) is 0 Å². The number of anilines is 1. The van der Waals surface area contributed by atoms with Gasteiger partial charge in [0.1, 0.15) is 0 Å². The Labute approximate surface area is 162 Å². The van der Waals surface area contributed by atoms with E-state index in [1.165, 1.54) is 35.3 Å². The zero-order valence-electron chi connectivity index (χ0n) is 14.3. The van der Waals surface area contributed by atoms with Gasteiger partial charge in [-0.05, 0) is 60.6 Å². The van der Waals surface area contributed by atoms with Crippen LogP contribution in [0.2, 0.25) is 5.02 Å². The van der Waals surface area contributed by atoms with Gasteiger partial charge in [-0.25, -0.2) is 4.98 Å². The van der Waals surface area contributed by atoms with E-state index in [0.717, 1.165) is 28.3 Å². The molecule has 3 aromatic rings. The summed E-state index contributed by atoms with van der Waals surface area (Å²) in [5.74, 6) is -0.1000. The molecule has 0 spiro atoms. The van der Waals surface area contributed by atoms with Crippen molar-refractivity contribution in [2.75, 3.05) is 5.32 Å². The van der Waals surface area contributed by atoms with Crippen molar-refractivity contribution in [2.24, 2.45) is 0 Å². The first-order valence-electron chi connectivity index (χ1n) is 8.80. The lowest BCUT2D eigenvalue weighted by atomic mass is 9.90. The lowest BCUT2D eigenvalue weighted by Gasteiger charge is -2.16. The van der Waals surface area contributed by atoms with Crippen molar-refractivity contribution in [1.29, 1.82) is 0 Å². The van der Waals surface area contributed by atoms with Gasteiger partial charge in [-0.2, -0.15) is 0 Å². The highest BCUT2D eigenvalue weighted by Crippen LogP contribution is 2.26. The number of thiazole rings is 1. The smallest absolute Gasteiger partial charge is 0.257 e. The molecule has 26 heavy (non-hydrogen) atoms. The topological polar surface area (TPSA) is 42.0 Å². The van der Waals surface area contributed by atoms with Crippen molar-refractivity contribution in [1.82, 2.24) is 4.98 Å². The molecular formula is C21H19ClN2OS. The van der Waals surface area contributed by atoms with Crippen LogP contribution in [0.5, 0.6) is 0 Å². The lowest BCUT2D eigenvalue weighted by molar-refractivity contribution is 0.102. The highest BCUT2D eigenvalue weighted by Gasteiger charge is 2.14. The van der Waals surface area contributed by atoms with Crippen molar-refractivity contribution in [3.63, 3.8) is 0 Å². The molecule has 0 unspecified atom stereocenters. The molecule has 0 aliphatic heterocycles. The molecule has 0 fully saturated rings. The molecule has 1 aliphatic carbocycles. The third kappa shape index (κ3) is 3.81. The van der Waals surface area contributed by atoms with Crippen molar-refractivity contribution >= 4 is 34.0 Å². The summed E-state index contributed by atoms with van der Waals surface area (Å²) in [5, 5.41) is 4.29. The minimum absolute atomic E-state index is 0.1000. The van der Waals surface area contributed by atoms with Gasteiger partial charge in [-0.1, -0.05) is 35.9 Å². The van der Waals surface area contributed by atoms with Gasteiger partial charge >= 0.3 is 0 Å². The molecule has 1 heterocycles. The summed E-state index contributed by atoms with van der Waals surface area (Å²) < 4.78 is 0. The molecule has 1 amide bonds. The van der Waals surface area contributed by atoms with Crippen LogP contribution in [0, 0.1) is 0 Å². The molecular weight excluding hydrogens is 364 g/mol. The second kappa shape index (κ2) is 7.60. The van der Waals surface area contributed by atoms with Crippen LogP contribution in [0.3, 0.4) is 0 Å². The van der Waals surface area contributed by atoms with E-state index in [2.05, 4.69) is 16.4 Å². The van der Waals surface area contributed by atoms with Crippen LogP contribution in [-0.4, -0.2) is 10.9 Å². The number of nitrogens with zero attached hydrogens (tertiary/aromatic N) is 1. The molecule has 0 radical (unpaired) electrons. The molecule has 1 aromatic heterocycles. The monoisotopic (exact) mass is 382 g/mol. The number of aromatic nitrogens is 1. The molecule has 5 heteroatoms. The second-order valence-corrected chi connectivity index (χ2v) is 8.07. The molecule has 132 valence electrons. The quantitative estimate of drug-likeness (QED) is 0.645. The number of hydrogen-bond acceptors (Lipinski definition) is 3. The number of rotatable bonds is 4. The molecule has 0 saturated carbocycles. The summed E-state index contributed by atoms with van der Waals surface area (Å²) in [6, 6.07) is 13.8. The second-order valence-electron chi connectivity index (χ2n) is 6.54. The van der Waals surface area contributed by atoms with Crippen molar-refractivity contribution < 1.29 is 4.79 Å². The minimum Gasteiger partial charge on any atom is -0.298 e. The summed E-state index contributed by atoms with van der Waals surface area (Å²) in [5.41, 5.74) is 4.45. The number of amides is 1. The Kier molecular flexibility index (Phi) is 5.05.